The fourth-order valence-corrected chi connectivity index (χ4v) is 1.71. The minimum absolute atomic E-state index is 0.525. The largest absolute Gasteiger partial charge is 0.467 e. The van der Waals surface area contributed by atoms with Crippen molar-refractivity contribution in [1.82, 2.24) is 9.78 Å². The van der Waals surface area contributed by atoms with E-state index in [2.05, 4.69) is 12.0 Å². The zero-order chi connectivity index (χ0) is 11.5. The Kier molecular flexibility index (Phi) is 3.10. The fraction of sp³-hybridized carbons (Fsp3) is 0.417. The van der Waals surface area contributed by atoms with Gasteiger partial charge in [0, 0.05) is 19.2 Å². The van der Waals surface area contributed by atoms with Crippen LogP contribution in [0.1, 0.15) is 30.2 Å². The second-order valence-corrected chi connectivity index (χ2v) is 3.84. The summed E-state index contributed by atoms with van der Waals surface area (Å²) in [5.74, 6) is 0.597. The van der Waals surface area contributed by atoms with Crippen molar-refractivity contribution in [2.24, 2.45) is 7.05 Å². The van der Waals surface area contributed by atoms with E-state index in [4.69, 9.17) is 4.42 Å². The molecule has 1 atom stereocenters. The molecule has 16 heavy (non-hydrogen) atoms. The summed E-state index contributed by atoms with van der Waals surface area (Å²) < 4.78 is 6.97. The van der Waals surface area contributed by atoms with Crippen LogP contribution in [0.15, 0.2) is 28.9 Å². The molecular formula is C12H16N2O2. The number of furan rings is 1. The standard InChI is InChI=1S/C12H16N2O2/c1-3-9-7-10(14(2)13-9)8-11(15)12-5-4-6-16-12/h4-7,11,15H,3,8H2,1-2H3. The Morgan fingerprint density at radius 1 is 1.56 bits per heavy atom. The van der Waals surface area contributed by atoms with E-state index in [1.165, 1.54) is 0 Å². The monoisotopic (exact) mass is 220 g/mol. The molecule has 2 heterocycles. The molecule has 0 aliphatic heterocycles. The van der Waals surface area contributed by atoms with Gasteiger partial charge < -0.3 is 9.52 Å². The van der Waals surface area contributed by atoms with Crippen LogP contribution in [-0.2, 0) is 19.9 Å². The van der Waals surface area contributed by atoms with Crippen molar-refractivity contribution in [2.45, 2.75) is 25.9 Å². The zero-order valence-corrected chi connectivity index (χ0v) is 9.55. The molecule has 0 saturated carbocycles. The summed E-state index contributed by atoms with van der Waals surface area (Å²) in [6, 6.07) is 5.58. The molecule has 2 rings (SSSR count). The van der Waals surface area contributed by atoms with Crippen LogP contribution in [-0.4, -0.2) is 14.9 Å². The van der Waals surface area contributed by atoms with Gasteiger partial charge in [-0.05, 0) is 24.6 Å². The maximum atomic E-state index is 9.93. The van der Waals surface area contributed by atoms with Crippen LogP contribution in [0.25, 0.3) is 0 Å². The van der Waals surface area contributed by atoms with Gasteiger partial charge in [0.1, 0.15) is 11.9 Å². The van der Waals surface area contributed by atoms with Gasteiger partial charge in [0.15, 0.2) is 0 Å². The first kappa shape index (κ1) is 11.0. The Morgan fingerprint density at radius 2 is 2.38 bits per heavy atom. The van der Waals surface area contributed by atoms with Gasteiger partial charge in [0.25, 0.3) is 0 Å². The average Bonchev–Trinajstić information content (AvgIpc) is 2.88. The number of aliphatic hydroxyl groups excluding tert-OH is 1. The number of aliphatic hydroxyl groups is 1. The van der Waals surface area contributed by atoms with E-state index >= 15 is 0 Å². The molecule has 1 N–H and O–H groups in total. The summed E-state index contributed by atoms with van der Waals surface area (Å²) >= 11 is 0. The average molecular weight is 220 g/mol. The summed E-state index contributed by atoms with van der Waals surface area (Å²) in [6.07, 6.45) is 2.40. The summed E-state index contributed by atoms with van der Waals surface area (Å²) in [4.78, 5) is 0. The topological polar surface area (TPSA) is 51.2 Å². The van der Waals surface area contributed by atoms with E-state index in [1.54, 1.807) is 18.4 Å². The zero-order valence-electron chi connectivity index (χ0n) is 9.55. The summed E-state index contributed by atoms with van der Waals surface area (Å²) in [7, 11) is 1.89. The third kappa shape index (κ3) is 2.17. The Balaban J connectivity index is 2.11. The molecule has 1 unspecified atom stereocenters. The molecule has 0 fully saturated rings. The maximum Gasteiger partial charge on any atom is 0.132 e. The van der Waals surface area contributed by atoms with Crippen molar-refractivity contribution < 1.29 is 9.52 Å². The lowest BCUT2D eigenvalue weighted by Crippen LogP contribution is -2.05. The predicted molar refractivity (Wildman–Crippen MR) is 60.0 cm³/mol. The highest BCUT2D eigenvalue weighted by molar-refractivity contribution is 5.13. The summed E-state index contributed by atoms with van der Waals surface area (Å²) in [6.45, 7) is 2.06. The number of nitrogens with zero attached hydrogens (tertiary/aromatic N) is 2. The van der Waals surface area contributed by atoms with Gasteiger partial charge >= 0.3 is 0 Å². The highest BCUT2D eigenvalue weighted by Crippen LogP contribution is 2.18. The van der Waals surface area contributed by atoms with Crippen LogP contribution in [0.4, 0.5) is 0 Å². The molecule has 2 aromatic rings. The van der Waals surface area contributed by atoms with Crippen molar-refractivity contribution in [3.05, 3.63) is 41.6 Å². The first-order valence-corrected chi connectivity index (χ1v) is 5.44. The minimum Gasteiger partial charge on any atom is -0.467 e. The van der Waals surface area contributed by atoms with Crippen molar-refractivity contribution in [2.75, 3.05) is 0 Å². The van der Waals surface area contributed by atoms with E-state index in [9.17, 15) is 5.11 Å². The third-order valence-electron chi connectivity index (χ3n) is 2.66. The van der Waals surface area contributed by atoms with Crippen molar-refractivity contribution in [3.8, 4) is 0 Å². The Bertz CT molecular complexity index is 446. The van der Waals surface area contributed by atoms with Crippen LogP contribution < -0.4 is 0 Å². The molecule has 4 heteroatoms. The molecular weight excluding hydrogens is 204 g/mol. The van der Waals surface area contributed by atoms with Crippen LogP contribution in [0.5, 0.6) is 0 Å². The second-order valence-electron chi connectivity index (χ2n) is 3.84. The van der Waals surface area contributed by atoms with Crippen LogP contribution >= 0.6 is 0 Å². The number of hydrogen-bond acceptors (Lipinski definition) is 3. The third-order valence-corrected chi connectivity index (χ3v) is 2.66. The van der Waals surface area contributed by atoms with Crippen LogP contribution in [0, 0.1) is 0 Å². The molecule has 0 amide bonds. The van der Waals surface area contributed by atoms with Crippen molar-refractivity contribution in [1.29, 1.82) is 0 Å². The van der Waals surface area contributed by atoms with Gasteiger partial charge in [-0.3, -0.25) is 4.68 Å². The summed E-state index contributed by atoms with van der Waals surface area (Å²) in [5.41, 5.74) is 2.06. The Labute approximate surface area is 94.5 Å². The van der Waals surface area contributed by atoms with Gasteiger partial charge in [-0.15, -0.1) is 0 Å². The molecule has 0 aromatic carbocycles. The lowest BCUT2D eigenvalue weighted by Gasteiger charge is -2.07. The number of rotatable bonds is 4. The lowest BCUT2D eigenvalue weighted by atomic mass is 10.1. The molecule has 0 radical (unpaired) electrons. The van der Waals surface area contributed by atoms with Gasteiger partial charge in [0.05, 0.1) is 12.0 Å². The summed E-state index contributed by atoms with van der Waals surface area (Å²) in [5, 5.41) is 14.3. The SMILES string of the molecule is CCc1cc(CC(O)c2ccco2)n(C)n1. The molecule has 0 bridgehead atoms. The van der Waals surface area contributed by atoms with E-state index in [-0.39, 0.29) is 0 Å². The van der Waals surface area contributed by atoms with E-state index in [0.29, 0.717) is 12.2 Å². The quantitative estimate of drug-likeness (QED) is 0.855. The van der Waals surface area contributed by atoms with E-state index in [1.807, 2.05) is 17.8 Å². The highest BCUT2D eigenvalue weighted by Gasteiger charge is 2.14. The van der Waals surface area contributed by atoms with Gasteiger partial charge in [-0.25, -0.2) is 0 Å². The first-order chi connectivity index (χ1) is 7.70. The number of aryl methyl sites for hydroxylation is 2. The normalized spacial score (nSPS) is 12.9. The molecule has 0 saturated heterocycles. The minimum atomic E-state index is -0.602. The van der Waals surface area contributed by atoms with Gasteiger partial charge in [-0.2, -0.15) is 5.10 Å². The van der Waals surface area contributed by atoms with Crippen LogP contribution in [0.3, 0.4) is 0 Å². The maximum absolute atomic E-state index is 9.93. The highest BCUT2D eigenvalue weighted by atomic mass is 16.4. The van der Waals surface area contributed by atoms with Crippen molar-refractivity contribution in [3.63, 3.8) is 0 Å². The molecule has 0 aliphatic carbocycles. The van der Waals surface area contributed by atoms with Crippen molar-refractivity contribution >= 4 is 0 Å². The molecule has 0 aliphatic rings. The Hall–Kier alpha value is -1.55. The number of hydrogen-bond donors (Lipinski definition) is 1. The predicted octanol–water partition coefficient (Wildman–Crippen LogP) is 1.85. The molecule has 2 aromatic heterocycles. The first-order valence-electron chi connectivity index (χ1n) is 5.44. The van der Waals surface area contributed by atoms with Gasteiger partial charge in [0.2, 0.25) is 0 Å². The molecule has 86 valence electrons. The van der Waals surface area contributed by atoms with Crippen LogP contribution in [0.2, 0.25) is 0 Å². The van der Waals surface area contributed by atoms with E-state index < -0.39 is 6.10 Å². The Morgan fingerprint density at radius 3 is 2.94 bits per heavy atom. The molecule has 0 spiro atoms. The number of aromatic nitrogens is 2. The fourth-order valence-electron chi connectivity index (χ4n) is 1.71. The lowest BCUT2D eigenvalue weighted by molar-refractivity contribution is 0.148. The van der Waals surface area contributed by atoms with E-state index in [0.717, 1.165) is 17.8 Å². The van der Waals surface area contributed by atoms with Gasteiger partial charge in [-0.1, -0.05) is 6.92 Å². The second kappa shape index (κ2) is 4.53. The smallest absolute Gasteiger partial charge is 0.132 e. The molecule has 4 nitrogen and oxygen atoms in total.